The van der Waals surface area contributed by atoms with E-state index in [-0.39, 0.29) is 5.91 Å². The number of benzene rings is 2. The van der Waals surface area contributed by atoms with E-state index in [0.29, 0.717) is 5.57 Å². The van der Waals surface area contributed by atoms with Crippen molar-refractivity contribution in [2.75, 3.05) is 5.32 Å². The number of hydrogen-bond acceptors (Lipinski definition) is 2. The predicted molar refractivity (Wildman–Crippen MR) is 97.5 cm³/mol. The van der Waals surface area contributed by atoms with Crippen molar-refractivity contribution in [3.8, 4) is 11.3 Å². The van der Waals surface area contributed by atoms with Crippen molar-refractivity contribution < 1.29 is 4.79 Å². The van der Waals surface area contributed by atoms with Crippen LogP contribution in [0.2, 0.25) is 0 Å². The summed E-state index contributed by atoms with van der Waals surface area (Å²) in [5.74, 6) is -0.0815. The average molecular weight is 378 g/mol. The summed E-state index contributed by atoms with van der Waals surface area (Å²) < 4.78 is 0.950. The lowest BCUT2D eigenvalue weighted by Gasteiger charge is -2.00. The lowest BCUT2D eigenvalue weighted by atomic mass is 10.0. The van der Waals surface area contributed by atoms with Crippen LogP contribution < -0.4 is 5.32 Å². The van der Waals surface area contributed by atoms with Gasteiger partial charge in [-0.05, 0) is 29.8 Å². The Hall–Kier alpha value is -2.66. The molecule has 1 aliphatic carbocycles. The molecule has 2 aromatic carbocycles. The number of rotatable bonds is 1. The van der Waals surface area contributed by atoms with E-state index in [4.69, 9.17) is 0 Å². The highest BCUT2D eigenvalue weighted by atomic mass is 79.9. The minimum absolute atomic E-state index is 0.0815. The SMILES string of the molecule is O=C1Nc2ccc(Br)cc2/C1=C/c1[nH]nc2c1Cc1ccccc1-2. The van der Waals surface area contributed by atoms with Crippen LogP contribution in [0.5, 0.6) is 0 Å². The summed E-state index contributed by atoms with van der Waals surface area (Å²) >= 11 is 3.47. The average Bonchev–Trinajstić information content (AvgIpc) is 3.22. The molecule has 1 aromatic heterocycles. The van der Waals surface area contributed by atoms with Crippen LogP contribution in [-0.2, 0) is 11.2 Å². The minimum atomic E-state index is -0.0815. The molecule has 1 aliphatic heterocycles. The molecule has 116 valence electrons. The molecule has 4 nitrogen and oxygen atoms in total. The fraction of sp³-hybridized carbons (Fsp3) is 0.0526. The van der Waals surface area contributed by atoms with E-state index < -0.39 is 0 Å². The zero-order chi connectivity index (χ0) is 16.3. The smallest absolute Gasteiger partial charge is 0.256 e. The summed E-state index contributed by atoms with van der Waals surface area (Å²) in [4.78, 5) is 12.4. The topological polar surface area (TPSA) is 57.8 Å². The van der Waals surface area contributed by atoms with E-state index in [1.54, 1.807) is 0 Å². The summed E-state index contributed by atoms with van der Waals surface area (Å²) in [7, 11) is 0. The fourth-order valence-corrected chi connectivity index (χ4v) is 3.80. The van der Waals surface area contributed by atoms with Gasteiger partial charge in [-0.1, -0.05) is 40.2 Å². The van der Waals surface area contributed by atoms with Crippen LogP contribution >= 0.6 is 15.9 Å². The number of carbonyl (C=O) groups excluding carboxylic acids is 1. The molecule has 0 radical (unpaired) electrons. The Morgan fingerprint density at radius 3 is 2.92 bits per heavy atom. The molecule has 5 heteroatoms. The van der Waals surface area contributed by atoms with Gasteiger partial charge in [0.25, 0.3) is 5.91 Å². The highest BCUT2D eigenvalue weighted by Gasteiger charge is 2.27. The lowest BCUT2D eigenvalue weighted by molar-refractivity contribution is -0.110. The number of H-pyrrole nitrogens is 1. The summed E-state index contributed by atoms with van der Waals surface area (Å²) in [6.07, 6.45) is 2.75. The molecular formula is C19H12BrN3O. The van der Waals surface area contributed by atoms with Gasteiger partial charge >= 0.3 is 0 Å². The van der Waals surface area contributed by atoms with Crippen LogP contribution in [0.1, 0.15) is 22.4 Å². The molecule has 3 aromatic rings. The standard InChI is InChI=1S/C19H12BrN3O/c20-11-5-6-16-13(8-11)14(19(24)21-16)9-17-15-7-10-3-1-2-4-12(10)18(15)23-22-17/h1-6,8-9H,7H2,(H,21,24)(H,22,23)/b14-9-. The molecule has 0 spiro atoms. The zero-order valence-corrected chi connectivity index (χ0v) is 14.1. The van der Waals surface area contributed by atoms with Crippen LogP contribution in [0.15, 0.2) is 46.9 Å². The number of nitrogens with one attached hydrogen (secondary N) is 2. The van der Waals surface area contributed by atoms with Gasteiger partial charge < -0.3 is 5.32 Å². The highest BCUT2D eigenvalue weighted by Crippen LogP contribution is 2.39. The molecule has 0 unspecified atom stereocenters. The molecule has 2 N–H and O–H groups in total. The molecule has 0 saturated heterocycles. The van der Waals surface area contributed by atoms with Crippen LogP contribution in [0, 0.1) is 0 Å². The van der Waals surface area contributed by atoms with E-state index in [9.17, 15) is 4.79 Å². The number of aromatic nitrogens is 2. The van der Waals surface area contributed by atoms with Crippen molar-refractivity contribution in [1.82, 2.24) is 10.2 Å². The maximum atomic E-state index is 12.4. The molecule has 1 amide bonds. The van der Waals surface area contributed by atoms with Crippen molar-refractivity contribution in [2.45, 2.75) is 6.42 Å². The van der Waals surface area contributed by atoms with Crippen molar-refractivity contribution in [1.29, 1.82) is 0 Å². The minimum Gasteiger partial charge on any atom is -0.321 e. The molecule has 0 saturated carbocycles. The van der Waals surface area contributed by atoms with Gasteiger partial charge in [0.05, 0.1) is 17.0 Å². The van der Waals surface area contributed by atoms with Crippen molar-refractivity contribution in [3.05, 3.63) is 69.3 Å². The van der Waals surface area contributed by atoms with E-state index in [0.717, 1.165) is 39.1 Å². The summed E-state index contributed by atoms with van der Waals surface area (Å²) in [5, 5.41) is 10.5. The van der Waals surface area contributed by atoms with Crippen molar-refractivity contribution in [2.24, 2.45) is 0 Å². The van der Waals surface area contributed by atoms with Gasteiger partial charge in [-0.25, -0.2) is 0 Å². The first-order valence-corrected chi connectivity index (χ1v) is 8.48. The van der Waals surface area contributed by atoms with E-state index in [1.165, 1.54) is 11.1 Å². The number of hydrogen-bond donors (Lipinski definition) is 2. The Bertz CT molecular complexity index is 1050. The Morgan fingerprint density at radius 2 is 2.00 bits per heavy atom. The lowest BCUT2D eigenvalue weighted by Crippen LogP contribution is -2.03. The molecule has 0 bridgehead atoms. The van der Waals surface area contributed by atoms with Crippen molar-refractivity contribution in [3.63, 3.8) is 0 Å². The summed E-state index contributed by atoms with van der Waals surface area (Å²) in [5.41, 5.74) is 7.91. The number of anilines is 1. The number of halogens is 1. The molecule has 0 fully saturated rings. The predicted octanol–water partition coefficient (Wildman–Crippen LogP) is 4.24. The maximum absolute atomic E-state index is 12.4. The maximum Gasteiger partial charge on any atom is 0.256 e. The van der Waals surface area contributed by atoms with Gasteiger partial charge in [0, 0.05) is 33.3 Å². The quantitative estimate of drug-likeness (QED) is 0.487. The Balaban J connectivity index is 1.63. The number of nitrogens with zero attached hydrogens (tertiary/aromatic N) is 1. The first-order valence-electron chi connectivity index (χ1n) is 7.69. The second-order valence-corrected chi connectivity index (χ2v) is 6.92. The molecule has 2 heterocycles. The Morgan fingerprint density at radius 1 is 1.12 bits per heavy atom. The highest BCUT2D eigenvalue weighted by molar-refractivity contribution is 9.10. The Kier molecular flexibility index (Phi) is 2.82. The number of amides is 1. The fourth-order valence-electron chi connectivity index (χ4n) is 3.44. The number of fused-ring (bicyclic) bond motifs is 4. The first-order chi connectivity index (χ1) is 11.7. The first kappa shape index (κ1) is 13.7. The van der Waals surface area contributed by atoms with Gasteiger partial charge in [0.1, 0.15) is 0 Å². The largest absolute Gasteiger partial charge is 0.321 e. The van der Waals surface area contributed by atoms with Crippen LogP contribution in [0.3, 0.4) is 0 Å². The van der Waals surface area contributed by atoms with Crippen LogP contribution in [0.4, 0.5) is 5.69 Å². The summed E-state index contributed by atoms with van der Waals surface area (Å²) in [6, 6.07) is 14.1. The molecule has 24 heavy (non-hydrogen) atoms. The van der Waals surface area contributed by atoms with E-state index in [2.05, 4.69) is 43.6 Å². The third-order valence-corrected chi connectivity index (χ3v) is 5.09. The van der Waals surface area contributed by atoms with Gasteiger partial charge in [-0.3, -0.25) is 9.89 Å². The molecule has 2 aliphatic rings. The monoisotopic (exact) mass is 377 g/mol. The number of carbonyl (C=O) groups is 1. The zero-order valence-electron chi connectivity index (χ0n) is 12.6. The molecule has 0 atom stereocenters. The third-order valence-electron chi connectivity index (χ3n) is 4.59. The second-order valence-electron chi connectivity index (χ2n) is 6.00. The van der Waals surface area contributed by atoms with Crippen molar-refractivity contribution >= 4 is 39.2 Å². The summed E-state index contributed by atoms with van der Waals surface area (Å²) in [6.45, 7) is 0. The second kappa shape index (κ2) is 4.92. The van der Waals surface area contributed by atoms with Gasteiger partial charge in [0.2, 0.25) is 0 Å². The Labute approximate surface area is 146 Å². The van der Waals surface area contributed by atoms with Crippen LogP contribution in [0.25, 0.3) is 22.9 Å². The van der Waals surface area contributed by atoms with E-state index in [1.807, 2.05) is 36.4 Å². The van der Waals surface area contributed by atoms with Gasteiger partial charge in [-0.2, -0.15) is 5.10 Å². The van der Waals surface area contributed by atoms with Crippen LogP contribution in [-0.4, -0.2) is 16.1 Å². The van der Waals surface area contributed by atoms with Gasteiger partial charge in [0.15, 0.2) is 0 Å². The van der Waals surface area contributed by atoms with E-state index >= 15 is 0 Å². The number of aromatic amines is 1. The normalized spacial score (nSPS) is 16.0. The molecule has 5 rings (SSSR count). The third kappa shape index (κ3) is 1.91. The molecular weight excluding hydrogens is 366 g/mol. The van der Waals surface area contributed by atoms with Gasteiger partial charge in [-0.15, -0.1) is 0 Å².